The maximum Gasteiger partial charge on any atom is 0.220 e. The molecule has 4 fully saturated rings. The Labute approximate surface area is 204 Å². The molecule has 1 N–H and O–H groups in total. The molecule has 3 aliphatic carbocycles. The average Bonchev–Trinajstić information content (AvgIpc) is 3.20. The van der Waals surface area contributed by atoms with E-state index >= 15 is 0 Å². The SMILES string of the molecule is C[C@]12CCC(=O)N[C@@H]1CC[C@@H]1[C@@H]2CC[C@]2(C)[C@@H](OC(c3ccccc3)c3ccccc3)CC[C@@H]12. The number of carbonyl (C=O) groups excluding carboxylic acids is 1. The van der Waals surface area contributed by atoms with Gasteiger partial charge < -0.3 is 10.1 Å². The molecule has 2 aromatic rings. The fourth-order valence-electron chi connectivity index (χ4n) is 8.65. The van der Waals surface area contributed by atoms with Crippen LogP contribution < -0.4 is 5.32 Å². The van der Waals surface area contributed by atoms with Gasteiger partial charge in [0.15, 0.2) is 0 Å². The van der Waals surface area contributed by atoms with Crippen molar-refractivity contribution in [2.75, 3.05) is 0 Å². The zero-order valence-corrected chi connectivity index (χ0v) is 20.7. The van der Waals surface area contributed by atoms with Crippen LogP contribution in [0.1, 0.15) is 82.4 Å². The number of fused-ring (bicyclic) bond motifs is 5. The van der Waals surface area contributed by atoms with E-state index in [0.29, 0.717) is 18.6 Å². The van der Waals surface area contributed by atoms with Crippen molar-refractivity contribution in [3.8, 4) is 0 Å². The van der Waals surface area contributed by atoms with Gasteiger partial charge in [0.25, 0.3) is 0 Å². The number of hydrogen-bond acceptors (Lipinski definition) is 2. The summed E-state index contributed by atoms with van der Waals surface area (Å²) in [5, 5.41) is 3.37. The summed E-state index contributed by atoms with van der Waals surface area (Å²) in [7, 11) is 0. The number of carbonyl (C=O) groups is 1. The van der Waals surface area contributed by atoms with Gasteiger partial charge >= 0.3 is 0 Å². The van der Waals surface area contributed by atoms with Crippen LogP contribution in [0.2, 0.25) is 0 Å². The van der Waals surface area contributed by atoms with E-state index in [2.05, 4.69) is 79.8 Å². The van der Waals surface area contributed by atoms with Gasteiger partial charge in [-0.2, -0.15) is 0 Å². The molecule has 3 nitrogen and oxygen atoms in total. The maximum absolute atomic E-state index is 12.1. The molecule has 7 atom stereocenters. The van der Waals surface area contributed by atoms with Gasteiger partial charge in [0.2, 0.25) is 5.91 Å². The zero-order chi connectivity index (χ0) is 23.3. The predicted molar refractivity (Wildman–Crippen MR) is 135 cm³/mol. The Hall–Kier alpha value is -2.13. The molecule has 0 bridgehead atoms. The summed E-state index contributed by atoms with van der Waals surface area (Å²) in [6.07, 6.45) is 9.44. The Balaban J connectivity index is 1.26. The first-order valence-electron chi connectivity index (χ1n) is 13.5. The van der Waals surface area contributed by atoms with Crippen molar-refractivity contribution in [2.45, 2.75) is 83.5 Å². The Morgan fingerprint density at radius 3 is 2.12 bits per heavy atom. The van der Waals surface area contributed by atoms with Gasteiger partial charge in [-0.15, -0.1) is 0 Å². The van der Waals surface area contributed by atoms with Gasteiger partial charge in [0.05, 0.1) is 6.10 Å². The molecular formula is C31H39NO2. The van der Waals surface area contributed by atoms with Gasteiger partial charge in [-0.3, -0.25) is 4.79 Å². The van der Waals surface area contributed by atoms with Crippen molar-refractivity contribution in [3.05, 3.63) is 71.8 Å². The molecule has 4 aliphatic rings. The number of hydrogen-bond donors (Lipinski definition) is 1. The van der Waals surface area contributed by atoms with Crippen LogP contribution in [-0.4, -0.2) is 18.1 Å². The first-order chi connectivity index (χ1) is 16.5. The minimum absolute atomic E-state index is 0.0116. The second-order valence-corrected chi connectivity index (χ2v) is 12.0. The first-order valence-corrected chi connectivity index (χ1v) is 13.5. The third-order valence-corrected chi connectivity index (χ3v) is 10.5. The quantitative estimate of drug-likeness (QED) is 0.556. The van der Waals surface area contributed by atoms with Crippen LogP contribution in [0.25, 0.3) is 0 Å². The molecule has 1 amide bonds. The largest absolute Gasteiger partial charge is 0.365 e. The molecule has 0 spiro atoms. The summed E-state index contributed by atoms with van der Waals surface area (Å²) in [6.45, 7) is 5.02. The lowest BCUT2D eigenvalue weighted by atomic mass is 9.47. The molecule has 0 aromatic heterocycles. The smallest absolute Gasteiger partial charge is 0.220 e. The summed E-state index contributed by atoms with van der Waals surface area (Å²) in [5.74, 6) is 2.51. The molecule has 34 heavy (non-hydrogen) atoms. The molecule has 2 aromatic carbocycles. The molecule has 180 valence electrons. The second-order valence-electron chi connectivity index (χ2n) is 12.0. The number of nitrogens with one attached hydrogen (secondary N) is 1. The van der Waals surface area contributed by atoms with Gasteiger partial charge in [-0.05, 0) is 84.7 Å². The van der Waals surface area contributed by atoms with E-state index in [1.54, 1.807) is 0 Å². The topological polar surface area (TPSA) is 38.3 Å². The highest BCUT2D eigenvalue weighted by Crippen LogP contribution is 2.64. The Morgan fingerprint density at radius 2 is 1.44 bits per heavy atom. The summed E-state index contributed by atoms with van der Waals surface area (Å²) >= 11 is 0. The van der Waals surface area contributed by atoms with Gasteiger partial charge in [0.1, 0.15) is 6.10 Å². The van der Waals surface area contributed by atoms with Crippen LogP contribution in [0.15, 0.2) is 60.7 Å². The Bertz CT molecular complexity index is 983. The maximum atomic E-state index is 12.1. The van der Waals surface area contributed by atoms with E-state index in [1.165, 1.54) is 36.8 Å². The lowest BCUT2D eigenvalue weighted by Gasteiger charge is -2.60. The van der Waals surface area contributed by atoms with Gasteiger partial charge in [0, 0.05) is 12.5 Å². The monoisotopic (exact) mass is 457 g/mol. The van der Waals surface area contributed by atoms with Crippen molar-refractivity contribution in [1.29, 1.82) is 0 Å². The van der Waals surface area contributed by atoms with Crippen LogP contribution in [0.5, 0.6) is 0 Å². The highest BCUT2D eigenvalue weighted by molar-refractivity contribution is 5.77. The van der Waals surface area contributed by atoms with E-state index in [4.69, 9.17) is 4.74 Å². The Morgan fingerprint density at radius 1 is 0.794 bits per heavy atom. The van der Waals surface area contributed by atoms with Crippen LogP contribution in [0.3, 0.4) is 0 Å². The van der Waals surface area contributed by atoms with Crippen molar-refractivity contribution in [3.63, 3.8) is 0 Å². The third kappa shape index (κ3) is 3.54. The summed E-state index contributed by atoms with van der Waals surface area (Å²) in [5.41, 5.74) is 3.01. The fraction of sp³-hybridized carbons (Fsp3) is 0.581. The van der Waals surface area contributed by atoms with Gasteiger partial charge in [-0.25, -0.2) is 0 Å². The van der Waals surface area contributed by atoms with E-state index in [-0.39, 0.29) is 22.8 Å². The zero-order valence-electron chi connectivity index (χ0n) is 20.7. The second kappa shape index (κ2) is 8.52. The van der Waals surface area contributed by atoms with E-state index in [0.717, 1.165) is 37.0 Å². The third-order valence-electron chi connectivity index (χ3n) is 10.5. The van der Waals surface area contributed by atoms with E-state index in [9.17, 15) is 4.79 Å². The molecule has 0 radical (unpaired) electrons. The van der Waals surface area contributed by atoms with E-state index in [1.807, 2.05) is 0 Å². The molecule has 1 heterocycles. The molecule has 6 rings (SSSR count). The number of benzene rings is 2. The number of amides is 1. The van der Waals surface area contributed by atoms with Crippen molar-refractivity contribution in [1.82, 2.24) is 5.32 Å². The van der Waals surface area contributed by atoms with E-state index < -0.39 is 0 Å². The number of rotatable bonds is 4. The summed E-state index contributed by atoms with van der Waals surface area (Å²) in [6, 6.07) is 21.9. The number of piperidine rings is 1. The van der Waals surface area contributed by atoms with Crippen molar-refractivity contribution < 1.29 is 9.53 Å². The van der Waals surface area contributed by atoms with Gasteiger partial charge in [-0.1, -0.05) is 74.5 Å². The predicted octanol–water partition coefficient (Wildman–Crippen LogP) is 6.68. The molecule has 1 saturated heterocycles. The average molecular weight is 458 g/mol. The van der Waals surface area contributed by atoms with Crippen LogP contribution in [0.4, 0.5) is 0 Å². The lowest BCUT2D eigenvalue weighted by Crippen LogP contribution is -2.61. The molecule has 3 heteroatoms. The standard InChI is InChI=1S/C31H39NO2/c1-30-20-18-28(33)32-26(30)15-13-23-24-14-16-27(31(24,2)19-17-25(23)30)34-29(21-9-5-3-6-10-21)22-11-7-4-8-12-22/h3-12,23-27,29H,13-20H2,1-2H3,(H,32,33)/t23-,24-,25-,26+,27-,30+,31-/m0/s1. The summed E-state index contributed by atoms with van der Waals surface area (Å²) < 4.78 is 7.12. The minimum atomic E-state index is -0.0116. The molecule has 0 unspecified atom stereocenters. The normalized spacial score (nSPS) is 39.1. The first kappa shape index (κ1) is 22.3. The highest BCUT2D eigenvalue weighted by Gasteiger charge is 2.60. The van der Waals surface area contributed by atoms with Crippen molar-refractivity contribution >= 4 is 5.91 Å². The lowest BCUT2D eigenvalue weighted by molar-refractivity contribution is -0.143. The Kier molecular flexibility index (Phi) is 5.60. The number of ether oxygens (including phenoxy) is 1. The summed E-state index contributed by atoms with van der Waals surface area (Å²) in [4.78, 5) is 12.1. The van der Waals surface area contributed by atoms with Crippen LogP contribution in [-0.2, 0) is 9.53 Å². The van der Waals surface area contributed by atoms with Crippen LogP contribution >= 0.6 is 0 Å². The van der Waals surface area contributed by atoms with Crippen molar-refractivity contribution in [2.24, 2.45) is 28.6 Å². The fourth-order valence-corrected chi connectivity index (χ4v) is 8.65. The molecule has 1 aliphatic heterocycles. The molecular weight excluding hydrogens is 418 g/mol. The van der Waals surface area contributed by atoms with Crippen LogP contribution in [0, 0.1) is 28.6 Å². The minimum Gasteiger partial charge on any atom is -0.365 e. The highest BCUT2D eigenvalue weighted by atomic mass is 16.5. The molecule has 3 saturated carbocycles.